The van der Waals surface area contributed by atoms with Crippen LogP contribution in [0.4, 0.5) is 5.69 Å². The molecule has 1 N–H and O–H groups in total. The third-order valence-corrected chi connectivity index (χ3v) is 4.12. The van der Waals surface area contributed by atoms with Crippen LogP contribution < -0.4 is 10.9 Å². The van der Waals surface area contributed by atoms with Crippen molar-refractivity contribution in [1.29, 1.82) is 0 Å². The number of para-hydroxylation sites is 1. The topological polar surface area (TPSA) is 90.1 Å². The molecule has 0 radical (unpaired) electrons. The van der Waals surface area contributed by atoms with Gasteiger partial charge in [-0.25, -0.2) is 4.98 Å². The van der Waals surface area contributed by atoms with Crippen LogP contribution in [0.1, 0.15) is 18.5 Å². The van der Waals surface area contributed by atoms with Crippen molar-refractivity contribution in [3.63, 3.8) is 0 Å². The number of rotatable bonds is 6. The van der Waals surface area contributed by atoms with Gasteiger partial charge in [-0.3, -0.25) is 19.5 Å². The summed E-state index contributed by atoms with van der Waals surface area (Å²) >= 11 is 0. The normalized spacial score (nSPS) is 12.2. The average Bonchev–Trinajstić information content (AvgIpc) is 2.64. The highest BCUT2D eigenvalue weighted by molar-refractivity contribution is 5.76. The summed E-state index contributed by atoms with van der Waals surface area (Å²) in [6.45, 7) is 2.94. The van der Waals surface area contributed by atoms with Crippen LogP contribution in [0.2, 0.25) is 0 Å². The largest absolute Gasteiger partial charge is 0.308 e. The lowest BCUT2D eigenvalue weighted by atomic mass is 10.1. The summed E-state index contributed by atoms with van der Waals surface area (Å²) < 4.78 is 1.56. The molecule has 3 rings (SSSR count). The summed E-state index contributed by atoms with van der Waals surface area (Å²) in [7, 11) is 0. The van der Waals surface area contributed by atoms with E-state index in [2.05, 4.69) is 10.3 Å². The molecular formula is C18H18N4O3. The van der Waals surface area contributed by atoms with E-state index >= 15 is 0 Å². The Morgan fingerprint density at radius 1 is 1.24 bits per heavy atom. The first-order valence-corrected chi connectivity index (χ1v) is 7.98. The smallest absolute Gasteiger partial charge is 0.269 e. The van der Waals surface area contributed by atoms with Gasteiger partial charge in [0.25, 0.3) is 11.2 Å². The van der Waals surface area contributed by atoms with Gasteiger partial charge in [-0.1, -0.05) is 24.3 Å². The van der Waals surface area contributed by atoms with Gasteiger partial charge in [-0.05, 0) is 24.6 Å². The molecule has 0 saturated carbocycles. The Hall–Kier alpha value is -3.06. The van der Waals surface area contributed by atoms with E-state index in [4.69, 9.17) is 0 Å². The summed E-state index contributed by atoms with van der Waals surface area (Å²) in [5, 5.41) is 14.7. The van der Waals surface area contributed by atoms with E-state index in [1.54, 1.807) is 29.1 Å². The van der Waals surface area contributed by atoms with Crippen LogP contribution in [0.3, 0.4) is 0 Å². The maximum Gasteiger partial charge on any atom is 0.269 e. The molecule has 0 aliphatic rings. The summed E-state index contributed by atoms with van der Waals surface area (Å²) in [5.41, 5.74) is 1.51. The van der Waals surface area contributed by atoms with Gasteiger partial charge in [-0.2, -0.15) is 0 Å². The zero-order valence-corrected chi connectivity index (χ0v) is 13.8. The Labute approximate surface area is 144 Å². The molecule has 2 aromatic carbocycles. The lowest BCUT2D eigenvalue weighted by molar-refractivity contribution is -0.384. The molecule has 0 unspecified atom stereocenters. The maximum atomic E-state index is 12.4. The third kappa shape index (κ3) is 3.72. The summed E-state index contributed by atoms with van der Waals surface area (Å²) in [6, 6.07) is 13.7. The highest BCUT2D eigenvalue weighted by Crippen LogP contribution is 2.18. The van der Waals surface area contributed by atoms with Crippen molar-refractivity contribution in [2.45, 2.75) is 19.5 Å². The number of benzene rings is 2. The molecule has 0 fully saturated rings. The molecule has 0 spiro atoms. The second-order valence-corrected chi connectivity index (χ2v) is 5.79. The van der Waals surface area contributed by atoms with Gasteiger partial charge in [0.1, 0.15) is 0 Å². The second-order valence-electron chi connectivity index (χ2n) is 5.79. The van der Waals surface area contributed by atoms with E-state index in [9.17, 15) is 14.9 Å². The number of nitrogens with one attached hydrogen (secondary N) is 1. The van der Waals surface area contributed by atoms with Crippen LogP contribution in [0.25, 0.3) is 10.9 Å². The van der Waals surface area contributed by atoms with Crippen molar-refractivity contribution in [3.05, 3.63) is 80.9 Å². The quantitative estimate of drug-likeness (QED) is 0.551. The minimum atomic E-state index is -0.406. The molecule has 1 atom stereocenters. The number of hydrogen-bond acceptors (Lipinski definition) is 5. The van der Waals surface area contributed by atoms with Crippen molar-refractivity contribution in [2.24, 2.45) is 0 Å². The molecule has 1 heterocycles. The van der Waals surface area contributed by atoms with E-state index in [-0.39, 0.29) is 17.3 Å². The molecule has 0 aliphatic carbocycles. The zero-order chi connectivity index (χ0) is 17.8. The molecule has 0 saturated heterocycles. The monoisotopic (exact) mass is 338 g/mol. The Kier molecular flexibility index (Phi) is 4.85. The first-order chi connectivity index (χ1) is 12.1. The molecule has 128 valence electrons. The lowest BCUT2D eigenvalue weighted by Gasteiger charge is -2.15. The zero-order valence-electron chi connectivity index (χ0n) is 13.8. The van der Waals surface area contributed by atoms with E-state index in [0.29, 0.717) is 24.0 Å². The highest BCUT2D eigenvalue weighted by Gasteiger charge is 2.10. The van der Waals surface area contributed by atoms with E-state index in [1.165, 1.54) is 6.07 Å². The molecule has 7 heteroatoms. The van der Waals surface area contributed by atoms with E-state index in [0.717, 1.165) is 5.56 Å². The molecule has 1 aromatic heterocycles. The van der Waals surface area contributed by atoms with Gasteiger partial charge >= 0.3 is 0 Å². The van der Waals surface area contributed by atoms with Crippen molar-refractivity contribution in [3.8, 4) is 0 Å². The maximum absolute atomic E-state index is 12.4. The van der Waals surface area contributed by atoms with Crippen LogP contribution in [-0.2, 0) is 6.54 Å². The molecule has 0 amide bonds. The Morgan fingerprint density at radius 3 is 2.84 bits per heavy atom. The Morgan fingerprint density at radius 2 is 2.04 bits per heavy atom. The fourth-order valence-electron chi connectivity index (χ4n) is 2.69. The number of hydrogen-bond donors (Lipinski definition) is 1. The summed E-state index contributed by atoms with van der Waals surface area (Å²) in [6.07, 6.45) is 1.55. The number of nitro groups is 1. The van der Waals surface area contributed by atoms with E-state index in [1.807, 2.05) is 31.2 Å². The first-order valence-electron chi connectivity index (χ1n) is 7.98. The Balaban J connectivity index is 1.67. The molecule has 0 bridgehead atoms. The van der Waals surface area contributed by atoms with Crippen molar-refractivity contribution >= 4 is 16.6 Å². The number of fused-ring (bicyclic) bond motifs is 1. The second kappa shape index (κ2) is 7.23. The van der Waals surface area contributed by atoms with Gasteiger partial charge in [0.2, 0.25) is 0 Å². The fourth-order valence-corrected chi connectivity index (χ4v) is 2.69. The van der Waals surface area contributed by atoms with Crippen molar-refractivity contribution in [1.82, 2.24) is 14.9 Å². The highest BCUT2D eigenvalue weighted by atomic mass is 16.6. The first kappa shape index (κ1) is 16.8. The fraction of sp³-hybridized carbons (Fsp3) is 0.222. The van der Waals surface area contributed by atoms with Crippen LogP contribution in [0, 0.1) is 10.1 Å². The molecule has 7 nitrogen and oxygen atoms in total. The van der Waals surface area contributed by atoms with Gasteiger partial charge < -0.3 is 5.32 Å². The molecule has 3 aromatic rings. The minimum Gasteiger partial charge on any atom is -0.308 e. The number of non-ortho nitro benzene ring substituents is 1. The Bertz CT molecular complexity index is 968. The minimum absolute atomic E-state index is 0.0657. The average molecular weight is 338 g/mol. The predicted molar refractivity (Wildman–Crippen MR) is 95.5 cm³/mol. The van der Waals surface area contributed by atoms with Crippen molar-refractivity contribution < 1.29 is 4.92 Å². The molecule has 25 heavy (non-hydrogen) atoms. The van der Waals surface area contributed by atoms with Gasteiger partial charge in [-0.15, -0.1) is 0 Å². The van der Waals surface area contributed by atoms with Gasteiger partial charge in [0.05, 0.1) is 22.2 Å². The van der Waals surface area contributed by atoms with Crippen LogP contribution in [0.15, 0.2) is 59.7 Å². The van der Waals surface area contributed by atoms with Crippen molar-refractivity contribution in [2.75, 3.05) is 6.54 Å². The SMILES string of the molecule is C[C@H](NCCn1cnc2ccccc2c1=O)c1cccc([N+](=O)[O-])c1. The number of nitro benzene ring substituents is 1. The predicted octanol–water partition coefficient (Wildman–Crippen LogP) is 2.66. The molecular weight excluding hydrogens is 320 g/mol. The van der Waals surface area contributed by atoms with E-state index < -0.39 is 4.92 Å². The number of aromatic nitrogens is 2. The standard InChI is InChI=1S/C18H18N4O3/c1-13(14-5-4-6-15(11-14)22(24)25)19-9-10-21-12-20-17-8-3-2-7-16(17)18(21)23/h2-8,11-13,19H,9-10H2,1H3/t13-/m0/s1. The molecule has 0 aliphatic heterocycles. The van der Waals surface area contributed by atoms with Gasteiger partial charge in [0.15, 0.2) is 0 Å². The summed E-state index contributed by atoms with van der Waals surface area (Å²) in [5.74, 6) is 0. The van der Waals surface area contributed by atoms with Crippen LogP contribution in [0.5, 0.6) is 0 Å². The third-order valence-electron chi connectivity index (χ3n) is 4.12. The van der Waals surface area contributed by atoms with Gasteiger partial charge in [0, 0.05) is 31.3 Å². The summed E-state index contributed by atoms with van der Waals surface area (Å²) in [4.78, 5) is 27.2. The van der Waals surface area contributed by atoms with Crippen LogP contribution in [-0.4, -0.2) is 21.0 Å². The lowest BCUT2D eigenvalue weighted by Crippen LogP contribution is -2.28. The van der Waals surface area contributed by atoms with Crippen LogP contribution >= 0.6 is 0 Å². The number of nitrogens with zero attached hydrogens (tertiary/aromatic N) is 3.